The molecule has 1 heterocycles. The molecule has 0 aliphatic carbocycles. The molecule has 4 heteroatoms. The van der Waals surface area contributed by atoms with E-state index in [9.17, 15) is 4.79 Å². The summed E-state index contributed by atoms with van der Waals surface area (Å²) in [4.78, 5) is 15.1. The fourth-order valence-electron chi connectivity index (χ4n) is 1.11. The highest BCUT2D eigenvalue weighted by Crippen LogP contribution is 2.09. The molecule has 0 amide bonds. The third-order valence-electron chi connectivity index (χ3n) is 1.80. The van der Waals surface area contributed by atoms with Gasteiger partial charge in [-0.1, -0.05) is 0 Å². The standard InChI is InChI=1S/C10H14N2O2/c1-2-14-10(13)6-5-9-8(11)4-3-7-12-9/h3-4,7H,2,5-6,11H2,1H3. The van der Waals surface area contributed by atoms with Gasteiger partial charge in [0.25, 0.3) is 0 Å². The van der Waals surface area contributed by atoms with Crippen LogP contribution in [0, 0.1) is 0 Å². The van der Waals surface area contributed by atoms with E-state index in [4.69, 9.17) is 10.5 Å². The fraction of sp³-hybridized carbons (Fsp3) is 0.400. The monoisotopic (exact) mass is 194 g/mol. The number of pyridine rings is 1. The van der Waals surface area contributed by atoms with Crippen molar-refractivity contribution in [1.29, 1.82) is 0 Å². The summed E-state index contributed by atoms with van der Waals surface area (Å²) in [6, 6.07) is 3.54. The summed E-state index contributed by atoms with van der Waals surface area (Å²) < 4.78 is 4.80. The molecule has 0 aliphatic heterocycles. The summed E-state index contributed by atoms with van der Waals surface area (Å²) in [6.45, 7) is 2.20. The number of aromatic nitrogens is 1. The maximum atomic E-state index is 11.0. The van der Waals surface area contributed by atoms with E-state index in [1.165, 1.54) is 0 Å². The van der Waals surface area contributed by atoms with E-state index in [1.54, 1.807) is 25.3 Å². The Morgan fingerprint density at radius 2 is 2.43 bits per heavy atom. The molecule has 0 spiro atoms. The lowest BCUT2D eigenvalue weighted by Crippen LogP contribution is -2.07. The minimum atomic E-state index is -0.211. The molecule has 14 heavy (non-hydrogen) atoms. The molecule has 1 rings (SSSR count). The molecular weight excluding hydrogens is 180 g/mol. The average Bonchev–Trinajstić information content (AvgIpc) is 2.17. The van der Waals surface area contributed by atoms with Crippen LogP contribution < -0.4 is 5.73 Å². The number of carbonyl (C=O) groups excluding carboxylic acids is 1. The van der Waals surface area contributed by atoms with Gasteiger partial charge in [-0.25, -0.2) is 0 Å². The zero-order chi connectivity index (χ0) is 10.4. The first kappa shape index (κ1) is 10.5. The molecule has 0 radical (unpaired) electrons. The van der Waals surface area contributed by atoms with Gasteiger partial charge in [-0.05, 0) is 19.1 Å². The second-order valence-electron chi connectivity index (χ2n) is 2.84. The summed E-state index contributed by atoms with van der Waals surface area (Å²) >= 11 is 0. The van der Waals surface area contributed by atoms with E-state index >= 15 is 0 Å². The number of nitrogen functional groups attached to an aromatic ring is 1. The molecule has 76 valence electrons. The van der Waals surface area contributed by atoms with E-state index < -0.39 is 0 Å². The largest absolute Gasteiger partial charge is 0.466 e. The highest BCUT2D eigenvalue weighted by atomic mass is 16.5. The van der Waals surface area contributed by atoms with Gasteiger partial charge < -0.3 is 10.5 Å². The number of hydrogen-bond donors (Lipinski definition) is 1. The third-order valence-corrected chi connectivity index (χ3v) is 1.80. The number of carbonyl (C=O) groups is 1. The first-order chi connectivity index (χ1) is 6.74. The van der Waals surface area contributed by atoms with Crippen LogP contribution in [0.4, 0.5) is 5.69 Å². The van der Waals surface area contributed by atoms with Gasteiger partial charge in [0.1, 0.15) is 0 Å². The van der Waals surface area contributed by atoms with Gasteiger partial charge in [0.15, 0.2) is 0 Å². The predicted octanol–water partition coefficient (Wildman–Crippen LogP) is 1.16. The molecule has 0 saturated carbocycles. The molecule has 4 nitrogen and oxygen atoms in total. The summed E-state index contributed by atoms with van der Waals surface area (Å²) in [6.07, 6.45) is 2.53. The number of nitrogens with two attached hydrogens (primary N) is 1. The minimum absolute atomic E-state index is 0.211. The van der Waals surface area contributed by atoms with Gasteiger partial charge in [-0.2, -0.15) is 0 Å². The Balaban J connectivity index is 2.46. The molecule has 0 fully saturated rings. The van der Waals surface area contributed by atoms with Gasteiger partial charge in [0.2, 0.25) is 0 Å². The van der Waals surface area contributed by atoms with Gasteiger partial charge in [-0.3, -0.25) is 9.78 Å². The van der Waals surface area contributed by atoms with E-state index in [0.29, 0.717) is 25.1 Å². The fourth-order valence-corrected chi connectivity index (χ4v) is 1.11. The first-order valence-corrected chi connectivity index (χ1v) is 4.59. The zero-order valence-corrected chi connectivity index (χ0v) is 8.19. The minimum Gasteiger partial charge on any atom is -0.466 e. The Morgan fingerprint density at radius 1 is 1.64 bits per heavy atom. The molecule has 0 aliphatic rings. The molecule has 0 unspecified atom stereocenters. The maximum absolute atomic E-state index is 11.0. The predicted molar refractivity (Wildman–Crippen MR) is 53.6 cm³/mol. The van der Waals surface area contributed by atoms with Crippen LogP contribution in [0.3, 0.4) is 0 Å². The van der Waals surface area contributed by atoms with Crippen LogP contribution in [-0.4, -0.2) is 17.6 Å². The Morgan fingerprint density at radius 3 is 3.07 bits per heavy atom. The second kappa shape index (κ2) is 5.21. The van der Waals surface area contributed by atoms with Crippen LogP contribution >= 0.6 is 0 Å². The number of rotatable bonds is 4. The summed E-state index contributed by atoms with van der Waals surface area (Å²) in [5, 5.41) is 0. The van der Waals surface area contributed by atoms with Crippen molar-refractivity contribution < 1.29 is 9.53 Å². The van der Waals surface area contributed by atoms with E-state index in [1.807, 2.05) is 0 Å². The number of nitrogens with zero attached hydrogens (tertiary/aromatic N) is 1. The topological polar surface area (TPSA) is 65.2 Å². The number of anilines is 1. The lowest BCUT2D eigenvalue weighted by Gasteiger charge is -2.03. The van der Waals surface area contributed by atoms with E-state index in [-0.39, 0.29) is 5.97 Å². The quantitative estimate of drug-likeness (QED) is 0.730. The van der Waals surface area contributed by atoms with Crippen molar-refractivity contribution in [3.63, 3.8) is 0 Å². The maximum Gasteiger partial charge on any atom is 0.306 e. The van der Waals surface area contributed by atoms with Crippen LogP contribution in [0.15, 0.2) is 18.3 Å². The lowest BCUT2D eigenvalue weighted by molar-refractivity contribution is -0.143. The van der Waals surface area contributed by atoms with E-state index in [2.05, 4.69) is 4.98 Å². The van der Waals surface area contributed by atoms with Crippen LogP contribution in [0.5, 0.6) is 0 Å². The second-order valence-corrected chi connectivity index (χ2v) is 2.84. The molecule has 1 aromatic rings. The highest BCUT2D eigenvalue weighted by molar-refractivity contribution is 5.69. The van der Waals surface area contributed by atoms with Crippen LogP contribution in [0.2, 0.25) is 0 Å². The zero-order valence-electron chi connectivity index (χ0n) is 8.19. The summed E-state index contributed by atoms with van der Waals surface area (Å²) in [5.74, 6) is -0.211. The van der Waals surface area contributed by atoms with Gasteiger partial charge in [0, 0.05) is 12.6 Å². The van der Waals surface area contributed by atoms with Crippen molar-refractivity contribution >= 4 is 11.7 Å². The number of ether oxygens (including phenoxy) is 1. The van der Waals surface area contributed by atoms with E-state index in [0.717, 1.165) is 5.69 Å². The van der Waals surface area contributed by atoms with Gasteiger partial charge in [0.05, 0.1) is 24.4 Å². The highest BCUT2D eigenvalue weighted by Gasteiger charge is 2.05. The van der Waals surface area contributed by atoms with Gasteiger partial charge >= 0.3 is 5.97 Å². The van der Waals surface area contributed by atoms with Crippen molar-refractivity contribution in [2.75, 3.05) is 12.3 Å². The summed E-state index contributed by atoms with van der Waals surface area (Å²) in [5.41, 5.74) is 7.04. The molecule has 0 atom stereocenters. The van der Waals surface area contributed by atoms with Crippen molar-refractivity contribution in [3.8, 4) is 0 Å². The van der Waals surface area contributed by atoms with Crippen LogP contribution in [0.1, 0.15) is 19.0 Å². The smallest absolute Gasteiger partial charge is 0.306 e. The van der Waals surface area contributed by atoms with Crippen molar-refractivity contribution in [2.24, 2.45) is 0 Å². The molecule has 2 N–H and O–H groups in total. The number of aryl methyl sites for hydroxylation is 1. The molecule has 0 aromatic carbocycles. The van der Waals surface area contributed by atoms with Crippen molar-refractivity contribution in [3.05, 3.63) is 24.0 Å². The van der Waals surface area contributed by atoms with Crippen molar-refractivity contribution in [1.82, 2.24) is 4.98 Å². The SMILES string of the molecule is CCOC(=O)CCc1ncccc1N. The number of hydrogen-bond acceptors (Lipinski definition) is 4. The number of esters is 1. The first-order valence-electron chi connectivity index (χ1n) is 4.59. The van der Waals surface area contributed by atoms with Crippen molar-refractivity contribution in [2.45, 2.75) is 19.8 Å². The molecule has 0 saturated heterocycles. The molecule has 0 bridgehead atoms. The molecule has 1 aromatic heterocycles. The Kier molecular flexibility index (Phi) is 3.91. The third kappa shape index (κ3) is 3.05. The van der Waals surface area contributed by atoms with Gasteiger partial charge in [-0.15, -0.1) is 0 Å². The molecular formula is C10H14N2O2. The Bertz CT molecular complexity index is 313. The average molecular weight is 194 g/mol. The summed E-state index contributed by atoms with van der Waals surface area (Å²) in [7, 11) is 0. The Hall–Kier alpha value is -1.58. The Labute approximate surface area is 83.1 Å². The van der Waals surface area contributed by atoms with Crippen LogP contribution in [-0.2, 0) is 16.0 Å². The normalized spacial score (nSPS) is 9.79. The van der Waals surface area contributed by atoms with Crippen LogP contribution in [0.25, 0.3) is 0 Å². The lowest BCUT2D eigenvalue weighted by atomic mass is 10.2.